The Hall–Kier alpha value is -2.96. The van der Waals surface area contributed by atoms with Gasteiger partial charge in [0.2, 0.25) is 0 Å². The standard InChI is InChI=1S/C23H31N5O2/c1-5-16(2)13-20(18-7-10-25-21(18)24-4)27-11-6-12-28(23(15-27)8-9-23)22(29)19-14-17(3)30-26-19/h7,10,13-14,24-25H,2,5-6,8-9,11-12,15H2,1,3-4H3/b20-13+. The lowest BCUT2D eigenvalue weighted by molar-refractivity contribution is 0.0644. The molecule has 2 N–H and O–H groups in total. The van der Waals surface area contributed by atoms with Crippen molar-refractivity contribution in [1.29, 1.82) is 0 Å². The number of aromatic nitrogens is 2. The molecule has 30 heavy (non-hydrogen) atoms. The Kier molecular flexibility index (Phi) is 5.45. The van der Waals surface area contributed by atoms with Crippen LogP contribution >= 0.6 is 0 Å². The minimum atomic E-state index is -0.136. The van der Waals surface area contributed by atoms with Gasteiger partial charge in [-0.2, -0.15) is 0 Å². The molecule has 1 spiro atoms. The van der Waals surface area contributed by atoms with Crippen molar-refractivity contribution < 1.29 is 9.32 Å². The lowest BCUT2D eigenvalue weighted by atomic mass is 10.1. The van der Waals surface area contributed by atoms with Crippen LogP contribution in [-0.2, 0) is 0 Å². The van der Waals surface area contributed by atoms with E-state index in [0.29, 0.717) is 11.5 Å². The van der Waals surface area contributed by atoms with Gasteiger partial charge in [-0.3, -0.25) is 4.79 Å². The molecule has 2 aromatic rings. The zero-order chi connectivity index (χ0) is 21.3. The van der Waals surface area contributed by atoms with Crippen molar-refractivity contribution in [2.45, 2.75) is 45.1 Å². The summed E-state index contributed by atoms with van der Waals surface area (Å²) >= 11 is 0. The molecule has 0 radical (unpaired) electrons. The largest absolute Gasteiger partial charge is 0.374 e. The summed E-state index contributed by atoms with van der Waals surface area (Å²) in [5, 5.41) is 7.22. The number of nitrogens with one attached hydrogen (secondary N) is 2. The van der Waals surface area contributed by atoms with Crippen LogP contribution in [0.25, 0.3) is 5.70 Å². The van der Waals surface area contributed by atoms with Gasteiger partial charge in [0.25, 0.3) is 5.91 Å². The topological polar surface area (TPSA) is 77.4 Å². The van der Waals surface area contributed by atoms with E-state index in [1.807, 2.05) is 25.1 Å². The van der Waals surface area contributed by atoms with Crippen molar-refractivity contribution in [2.24, 2.45) is 0 Å². The first-order valence-corrected chi connectivity index (χ1v) is 10.7. The molecule has 7 heteroatoms. The molecule has 1 aliphatic heterocycles. The SMILES string of the molecule is C=C(/C=C(\c1cc[nH]c1NC)N1CCCN(C(=O)c2cc(C)on2)C2(CC2)C1)CC. The number of allylic oxidation sites excluding steroid dienone is 2. The molecule has 0 bridgehead atoms. The molecule has 4 rings (SSSR count). The second kappa shape index (κ2) is 8.05. The predicted octanol–water partition coefficient (Wildman–Crippen LogP) is 4.04. The number of carbonyl (C=O) groups is 1. The molecule has 1 amide bonds. The van der Waals surface area contributed by atoms with Crippen molar-refractivity contribution in [1.82, 2.24) is 19.9 Å². The second-order valence-electron chi connectivity index (χ2n) is 8.34. The molecule has 3 heterocycles. The van der Waals surface area contributed by atoms with Gasteiger partial charge >= 0.3 is 0 Å². The predicted molar refractivity (Wildman–Crippen MR) is 118 cm³/mol. The number of anilines is 1. The maximum Gasteiger partial charge on any atom is 0.276 e. The zero-order valence-corrected chi connectivity index (χ0v) is 18.1. The minimum absolute atomic E-state index is 0.0211. The van der Waals surface area contributed by atoms with Crippen molar-refractivity contribution in [3.8, 4) is 0 Å². The van der Waals surface area contributed by atoms with E-state index in [9.17, 15) is 4.79 Å². The third-order valence-corrected chi connectivity index (χ3v) is 6.20. The summed E-state index contributed by atoms with van der Waals surface area (Å²) in [5.41, 5.74) is 3.65. The Morgan fingerprint density at radius 1 is 1.43 bits per heavy atom. The summed E-state index contributed by atoms with van der Waals surface area (Å²) in [6.07, 6.45) is 7.98. The van der Waals surface area contributed by atoms with Crippen molar-refractivity contribution in [2.75, 3.05) is 32.0 Å². The van der Waals surface area contributed by atoms with Crippen molar-refractivity contribution in [3.63, 3.8) is 0 Å². The van der Waals surface area contributed by atoms with E-state index < -0.39 is 0 Å². The van der Waals surface area contributed by atoms with Crippen molar-refractivity contribution in [3.05, 3.63) is 53.6 Å². The summed E-state index contributed by atoms with van der Waals surface area (Å²) in [7, 11) is 1.92. The number of aromatic amines is 1. The maximum absolute atomic E-state index is 13.2. The lowest BCUT2D eigenvalue weighted by Gasteiger charge is -2.33. The number of aryl methyl sites for hydroxylation is 1. The van der Waals surface area contributed by atoms with Gasteiger partial charge in [0.15, 0.2) is 5.69 Å². The molecule has 2 aliphatic rings. The van der Waals surface area contributed by atoms with Crippen molar-refractivity contribution >= 4 is 17.4 Å². The molecule has 2 aromatic heterocycles. The molecule has 1 aliphatic carbocycles. The number of carbonyl (C=O) groups excluding carboxylic acids is 1. The lowest BCUT2D eigenvalue weighted by Crippen LogP contribution is -2.46. The van der Waals surface area contributed by atoms with Crippen LogP contribution < -0.4 is 5.32 Å². The molecule has 0 aromatic carbocycles. The highest BCUT2D eigenvalue weighted by Gasteiger charge is 2.52. The third-order valence-electron chi connectivity index (χ3n) is 6.20. The van der Waals surface area contributed by atoms with E-state index in [-0.39, 0.29) is 11.4 Å². The monoisotopic (exact) mass is 409 g/mol. The minimum Gasteiger partial charge on any atom is -0.374 e. The van der Waals surface area contributed by atoms with E-state index in [1.165, 1.54) is 0 Å². The van der Waals surface area contributed by atoms with Crippen LogP contribution in [0.15, 0.2) is 41.1 Å². The van der Waals surface area contributed by atoms with Crippen LogP contribution in [0.2, 0.25) is 0 Å². The fourth-order valence-corrected chi connectivity index (χ4v) is 4.30. The fourth-order valence-electron chi connectivity index (χ4n) is 4.30. The second-order valence-corrected chi connectivity index (χ2v) is 8.34. The highest BCUT2D eigenvalue weighted by Crippen LogP contribution is 2.46. The quantitative estimate of drug-likeness (QED) is 0.704. The smallest absolute Gasteiger partial charge is 0.276 e. The van der Waals surface area contributed by atoms with Gasteiger partial charge in [-0.05, 0) is 44.7 Å². The fraction of sp³-hybridized carbons (Fsp3) is 0.478. The molecule has 0 unspecified atom stereocenters. The van der Waals surface area contributed by atoms with Crippen LogP contribution in [-0.4, -0.2) is 58.1 Å². The molecule has 7 nitrogen and oxygen atoms in total. The Morgan fingerprint density at radius 3 is 2.87 bits per heavy atom. The summed E-state index contributed by atoms with van der Waals surface area (Å²) in [6.45, 7) is 10.6. The van der Waals surface area contributed by atoms with E-state index in [0.717, 1.165) is 68.0 Å². The molecule has 160 valence electrons. The molecule has 1 saturated heterocycles. The number of nitrogens with zero attached hydrogens (tertiary/aromatic N) is 3. The van der Waals surface area contributed by atoms with Crippen LogP contribution in [0.5, 0.6) is 0 Å². The van der Waals surface area contributed by atoms with E-state index in [1.54, 1.807) is 6.07 Å². The van der Waals surface area contributed by atoms with Crippen LogP contribution in [0, 0.1) is 6.92 Å². The van der Waals surface area contributed by atoms with Gasteiger partial charge in [-0.25, -0.2) is 0 Å². The van der Waals surface area contributed by atoms with Gasteiger partial charge in [-0.15, -0.1) is 0 Å². The van der Waals surface area contributed by atoms with Crippen LogP contribution in [0.3, 0.4) is 0 Å². The van der Waals surface area contributed by atoms with Gasteiger partial charge in [0.1, 0.15) is 11.6 Å². The van der Waals surface area contributed by atoms with E-state index in [2.05, 4.69) is 46.0 Å². The highest BCUT2D eigenvalue weighted by atomic mass is 16.5. The normalized spacial score (nSPS) is 18.4. The average molecular weight is 410 g/mol. The average Bonchev–Trinajstić information content (AvgIpc) is 3.20. The Balaban J connectivity index is 1.64. The first-order valence-electron chi connectivity index (χ1n) is 10.7. The molecular weight excluding hydrogens is 378 g/mol. The Labute approximate surface area is 177 Å². The van der Waals surface area contributed by atoms with Gasteiger partial charge in [0, 0.05) is 50.2 Å². The summed E-state index contributed by atoms with van der Waals surface area (Å²) in [4.78, 5) is 20.9. The van der Waals surface area contributed by atoms with Gasteiger partial charge in [0.05, 0.1) is 5.54 Å². The number of hydrogen-bond acceptors (Lipinski definition) is 5. The Bertz CT molecular complexity index is 966. The first kappa shape index (κ1) is 20.3. The van der Waals surface area contributed by atoms with Crippen LogP contribution in [0.4, 0.5) is 5.82 Å². The summed E-state index contributed by atoms with van der Waals surface area (Å²) in [5.74, 6) is 1.63. The van der Waals surface area contributed by atoms with E-state index in [4.69, 9.17) is 4.52 Å². The number of H-pyrrole nitrogens is 1. The third kappa shape index (κ3) is 3.76. The molecular formula is C23H31N5O2. The molecule has 1 saturated carbocycles. The first-order chi connectivity index (χ1) is 14.5. The van der Waals surface area contributed by atoms with E-state index >= 15 is 0 Å². The number of rotatable bonds is 6. The Morgan fingerprint density at radius 2 is 2.23 bits per heavy atom. The molecule has 2 fully saturated rings. The number of amides is 1. The van der Waals surface area contributed by atoms with Gasteiger partial charge in [-0.1, -0.05) is 24.2 Å². The maximum atomic E-state index is 13.2. The summed E-state index contributed by atoms with van der Waals surface area (Å²) < 4.78 is 5.15. The number of hydrogen-bond donors (Lipinski definition) is 2. The highest BCUT2D eigenvalue weighted by molar-refractivity contribution is 5.93. The zero-order valence-electron chi connectivity index (χ0n) is 18.1. The summed E-state index contributed by atoms with van der Waals surface area (Å²) in [6, 6.07) is 3.84. The molecule has 0 atom stereocenters. The van der Waals surface area contributed by atoms with Crippen LogP contribution in [0.1, 0.15) is 54.4 Å². The van der Waals surface area contributed by atoms with Gasteiger partial charge < -0.3 is 24.6 Å².